The first kappa shape index (κ1) is 13.9. The second-order valence-corrected chi connectivity index (χ2v) is 4.54. The van der Waals surface area contributed by atoms with Crippen LogP contribution in [0.1, 0.15) is 33.6 Å². The van der Waals surface area contributed by atoms with Crippen LogP contribution < -0.4 is 5.73 Å². The highest BCUT2D eigenvalue weighted by atomic mass is 16.3. The van der Waals surface area contributed by atoms with Crippen LogP contribution in [0.2, 0.25) is 0 Å². The van der Waals surface area contributed by atoms with Gasteiger partial charge >= 0.3 is 0 Å². The molecule has 0 amide bonds. The van der Waals surface area contributed by atoms with Crippen LogP contribution in [-0.2, 0) is 0 Å². The van der Waals surface area contributed by atoms with E-state index in [0.29, 0.717) is 5.92 Å². The maximum Gasteiger partial charge on any atom is 0.0601 e. The Bertz CT molecular complexity index is 139. The average Bonchev–Trinajstić information content (AvgIpc) is 2.04. The van der Waals surface area contributed by atoms with E-state index >= 15 is 0 Å². The van der Waals surface area contributed by atoms with Gasteiger partial charge in [0.2, 0.25) is 0 Å². The zero-order valence-electron chi connectivity index (χ0n) is 10.0. The Hall–Kier alpha value is -0.120. The molecule has 0 rings (SSSR count). The van der Waals surface area contributed by atoms with Gasteiger partial charge in [-0.05, 0) is 19.4 Å². The van der Waals surface area contributed by atoms with Gasteiger partial charge in [0, 0.05) is 18.6 Å². The molecule has 3 nitrogen and oxygen atoms in total. The standard InChI is InChI=1S/C11H26N2O/c1-5-6-10(12)11(8-14)13(4)7-9(2)3/h9-11,14H,5-8,12H2,1-4H3. The third-order valence-electron chi connectivity index (χ3n) is 2.52. The maximum atomic E-state index is 9.28. The summed E-state index contributed by atoms with van der Waals surface area (Å²) < 4.78 is 0. The van der Waals surface area contributed by atoms with Crippen molar-refractivity contribution in [1.82, 2.24) is 4.90 Å². The Kier molecular flexibility index (Phi) is 7.15. The minimum atomic E-state index is 0.0914. The Morgan fingerprint density at radius 3 is 2.29 bits per heavy atom. The van der Waals surface area contributed by atoms with Crippen molar-refractivity contribution in [3.63, 3.8) is 0 Å². The number of rotatable bonds is 7. The van der Waals surface area contributed by atoms with E-state index in [2.05, 4.69) is 25.7 Å². The van der Waals surface area contributed by atoms with Crippen LogP contribution in [-0.4, -0.2) is 42.3 Å². The van der Waals surface area contributed by atoms with E-state index < -0.39 is 0 Å². The van der Waals surface area contributed by atoms with Gasteiger partial charge in [-0.25, -0.2) is 0 Å². The van der Waals surface area contributed by atoms with Gasteiger partial charge in [0.25, 0.3) is 0 Å². The van der Waals surface area contributed by atoms with Crippen LogP contribution in [0.5, 0.6) is 0 Å². The fraction of sp³-hybridized carbons (Fsp3) is 1.00. The molecule has 14 heavy (non-hydrogen) atoms. The Labute approximate surface area is 88.3 Å². The lowest BCUT2D eigenvalue weighted by molar-refractivity contribution is 0.114. The largest absolute Gasteiger partial charge is 0.395 e. The molecule has 0 fully saturated rings. The maximum absolute atomic E-state index is 9.28. The van der Waals surface area contributed by atoms with E-state index in [4.69, 9.17) is 5.73 Å². The normalized spacial score (nSPS) is 16.3. The van der Waals surface area contributed by atoms with Crippen molar-refractivity contribution < 1.29 is 5.11 Å². The minimum Gasteiger partial charge on any atom is -0.395 e. The Morgan fingerprint density at radius 1 is 1.36 bits per heavy atom. The van der Waals surface area contributed by atoms with E-state index in [0.717, 1.165) is 19.4 Å². The van der Waals surface area contributed by atoms with Gasteiger partial charge in [0.15, 0.2) is 0 Å². The molecule has 0 heterocycles. The third-order valence-corrected chi connectivity index (χ3v) is 2.52. The van der Waals surface area contributed by atoms with Crippen molar-refractivity contribution in [1.29, 1.82) is 0 Å². The Balaban J connectivity index is 4.09. The van der Waals surface area contributed by atoms with Crippen LogP contribution in [0.25, 0.3) is 0 Å². The Morgan fingerprint density at radius 2 is 1.93 bits per heavy atom. The number of nitrogens with two attached hydrogens (primary N) is 1. The van der Waals surface area contributed by atoms with E-state index in [9.17, 15) is 5.11 Å². The molecule has 0 saturated heterocycles. The molecule has 0 radical (unpaired) electrons. The molecule has 2 atom stereocenters. The molecule has 0 spiro atoms. The first-order valence-electron chi connectivity index (χ1n) is 5.59. The number of nitrogens with zero attached hydrogens (tertiary/aromatic N) is 1. The summed E-state index contributed by atoms with van der Waals surface area (Å²) in [6.07, 6.45) is 2.06. The number of hydrogen-bond donors (Lipinski definition) is 2. The summed E-state index contributed by atoms with van der Waals surface area (Å²) in [6, 6.07) is 0.200. The lowest BCUT2D eigenvalue weighted by atomic mass is 10.0. The zero-order chi connectivity index (χ0) is 11.1. The lowest BCUT2D eigenvalue weighted by Gasteiger charge is -2.32. The number of aliphatic hydroxyl groups is 1. The molecule has 0 aromatic rings. The monoisotopic (exact) mass is 202 g/mol. The molecule has 0 aliphatic carbocycles. The first-order valence-corrected chi connectivity index (χ1v) is 5.59. The van der Waals surface area contributed by atoms with Crippen LogP contribution in [0.15, 0.2) is 0 Å². The molecule has 0 aliphatic rings. The molecule has 0 aromatic carbocycles. The second-order valence-electron chi connectivity index (χ2n) is 4.54. The van der Waals surface area contributed by atoms with Gasteiger partial charge in [-0.3, -0.25) is 4.90 Å². The van der Waals surface area contributed by atoms with Gasteiger partial charge in [-0.15, -0.1) is 0 Å². The summed E-state index contributed by atoms with van der Waals surface area (Å²) in [6.45, 7) is 7.62. The highest BCUT2D eigenvalue weighted by Gasteiger charge is 2.21. The third kappa shape index (κ3) is 4.94. The van der Waals surface area contributed by atoms with Gasteiger partial charge < -0.3 is 10.8 Å². The number of hydrogen-bond acceptors (Lipinski definition) is 3. The first-order chi connectivity index (χ1) is 6.52. The van der Waals surface area contributed by atoms with Gasteiger partial charge in [0.05, 0.1) is 6.61 Å². The SMILES string of the molecule is CCCC(N)C(CO)N(C)CC(C)C. The van der Waals surface area contributed by atoms with Crippen molar-refractivity contribution in [2.45, 2.75) is 45.7 Å². The van der Waals surface area contributed by atoms with Crippen molar-refractivity contribution in [2.75, 3.05) is 20.2 Å². The van der Waals surface area contributed by atoms with Crippen molar-refractivity contribution in [2.24, 2.45) is 11.7 Å². The molecule has 2 unspecified atom stereocenters. The highest BCUT2D eigenvalue weighted by Crippen LogP contribution is 2.08. The van der Waals surface area contributed by atoms with Gasteiger partial charge in [-0.2, -0.15) is 0 Å². The topological polar surface area (TPSA) is 49.5 Å². The van der Waals surface area contributed by atoms with Crippen LogP contribution in [0.3, 0.4) is 0 Å². The summed E-state index contributed by atoms with van der Waals surface area (Å²) in [5, 5.41) is 9.28. The summed E-state index contributed by atoms with van der Waals surface area (Å²) in [5.74, 6) is 0.614. The van der Waals surface area contributed by atoms with Crippen molar-refractivity contribution in [3.8, 4) is 0 Å². The van der Waals surface area contributed by atoms with Gasteiger partial charge in [-0.1, -0.05) is 27.2 Å². The fourth-order valence-corrected chi connectivity index (χ4v) is 1.84. The quantitative estimate of drug-likeness (QED) is 0.649. The summed E-state index contributed by atoms with van der Waals surface area (Å²) >= 11 is 0. The molecular formula is C11H26N2O. The summed E-state index contributed by atoms with van der Waals surface area (Å²) in [7, 11) is 2.04. The molecule has 0 aromatic heterocycles. The van der Waals surface area contributed by atoms with Crippen LogP contribution in [0, 0.1) is 5.92 Å². The highest BCUT2D eigenvalue weighted by molar-refractivity contribution is 4.80. The minimum absolute atomic E-state index is 0.0914. The van der Waals surface area contributed by atoms with E-state index in [-0.39, 0.29) is 18.7 Å². The molecule has 3 heteroatoms. The summed E-state index contributed by atoms with van der Waals surface area (Å²) in [4.78, 5) is 2.17. The lowest BCUT2D eigenvalue weighted by Crippen LogP contribution is -2.49. The summed E-state index contributed by atoms with van der Waals surface area (Å²) in [5.41, 5.74) is 6.01. The van der Waals surface area contributed by atoms with E-state index in [1.807, 2.05) is 7.05 Å². The zero-order valence-corrected chi connectivity index (χ0v) is 10.0. The van der Waals surface area contributed by atoms with Crippen molar-refractivity contribution in [3.05, 3.63) is 0 Å². The second kappa shape index (κ2) is 7.21. The number of likely N-dealkylation sites (N-methyl/N-ethyl adjacent to an activating group) is 1. The average molecular weight is 202 g/mol. The van der Waals surface area contributed by atoms with E-state index in [1.54, 1.807) is 0 Å². The number of aliphatic hydroxyl groups excluding tert-OH is 1. The smallest absolute Gasteiger partial charge is 0.0601 e. The van der Waals surface area contributed by atoms with Crippen LogP contribution >= 0.6 is 0 Å². The van der Waals surface area contributed by atoms with Crippen molar-refractivity contribution >= 4 is 0 Å². The van der Waals surface area contributed by atoms with Crippen LogP contribution in [0.4, 0.5) is 0 Å². The predicted octanol–water partition coefficient (Wildman–Crippen LogP) is 1.06. The molecule has 0 bridgehead atoms. The fourth-order valence-electron chi connectivity index (χ4n) is 1.84. The molecular weight excluding hydrogens is 176 g/mol. The predicted molar refractivity (Wildman–Crippen MR) is 61.2 cm³/mol. The molecule has 0 saturated carbocycles. The van der Waals surface area contributed by atoms with E-state index in [1.165, 1.54) is 0 Å². The molecule has 86 valence electrons. The molecule has 3 N–H and O–H groups in total. The molecule has 0 aliphatic heterocycles. The van der Waals surface area contributed by atoms with Gasteiger partial charge in [0.1, 0.15) is 0 Å².